The molecule has 0 radical (unpaired) electrons. The minimum Gasteiger partial charge on any atom is -0.454 e. The fraction of sp³-hybridized carbons (Fsp3) is 0.150. The topological polar surface area (TPSA) is 43.4 Å². The van der Waals surface area contributed by atoms with E-state index in [9.17, 15) is 0 Å². The fourth-order valence-corrected chi connectivity index (χ4v) is 3.53. The van der Waals surface area contributed by atoms with Crippen molar-refractivity contribution >= 4 is 15.9 Å². The summed E-state index contributed by atoms with van der Waals surface area (Å²) in [6.07, 6.45) is 1.82. The number of nitrogens with one attached hydrogen (secondary N) is 1. The third-order valence-corrected chi connectivity index (χ3v) is 4.70. The molecule has 0 amide bonds. The van der Waals surface area contributed by atoms with Crippen LogP contribution in [0.25, 0.3) is 0 Å². The van der Waals surface area contributed by atoms with E-state index in [2.05, 4.69) is 44.4 Å². The molecule has 4 rings (SSSR count). The van der Waals surface area contributed by atoms with Gasteiger partial charge in [-0.3, -0.25) is 4.98 Å². The van der Waals surface area contributed by atoms with Crippen LogP contribution in [0, 0.1) is 0 Å². The van der Waals surface area contributed by atoms with Gasteiger partial charge in [-0.25, -0.2) is 0 Å². The van der Waals surface area contributed by atoms with E-state index in [-0.39, 0.29) is 12.8 Å². The second kappa shape index (κ2) is 7.25. The van der Waals surface area contributed by atoms with Gasteiger partial charge in [0.05, 0.1) is 16.2 Å². The van der Waals surface area contributed by atoms with Crippen molar-refractivity contribution in [3.05, 3.63) is 88.2 Å². The van der Waals surface area contributed by atoms with Gasteiger partial charge in [0.2, 0.25) is 6.79 Å². The number of hydrogen-bond donors (Lipinski definition) is 1. The van der Waals surface area contributed by atoms with Crippen molar-refractivity contribution in [3.63, 3.8) is 0 Å². The zero-order valence-corrected chi connectivity index (χ0v) is 15.1. The van der Waals surface area contributed by atoms with E-state index in [0.29, 0.717) is 6.54 Å². The molecule has 1 atom stereocenters. The number of benzene rings is 2. The number of aromatic nitrogens is 1. The molecule has 0 saturated heterocycles. The Bertz CT molecular complexity index is 817. The number of ether oxygens (including phenoxy) is 2. The van der Waals surface area contributed by atoms with Crippen LogP contribution >= 0.6 is 15.9 Å². The molecule has 0 saturated carbocycles. The third kappa shape index (κ3) is 3.52. The monoisotopic (exact) mass is 396 g/mol. The van der Waals surface area contributed by atoms with Crippen LogP contribution in [0.3, 0.4) is 0 Å². The number of nitrogens with zero attached hydrogens (tertiary/aromatic N) is 1. The molecule has 126 valence electrons. The summed E-state index contributed by atoms with van der Waals surface area (Å²) in [5, 5.41) is 3.61. The van der Waals surface area contributed by atoms with Gasteiger partial charge in [0, 0.05) is 12.7 Å². The molecule has 2 heterocycles. The Labute approximate surface area is 154 Å². The normalized spacial score (nSPS) is 13.6. The smallest absolute Gasteiger partial charge is 0.231 e. The number of halogens is 1. The van der Waals surface area contributed by atoms with E-state index in [1.807, 2.05) is 48.7 Å². The first-order chi connectivity index (χ1) is 12.3. The summed E-state index contributed by atoms with van der Waals surface area (Å²) in [4.78, 5) is 4.53. The maximum atomic E-state index is 5.50. The molecule has 0 unspecified atom stereocenters. The standard InChI is InChI=1S/C20H17BrN2O2/c21-16-10-14(11-18-20(16)25-13-24-18)12-23-19(15-6-2-1-3-7-15)17-8-4-5-9-22-17/h1-11,19,23H,12-13H2/t19-/m1/s1. The van der Waals surface area contributed by atoms with Crippen molar-refractivity contribution in [2.45, 2.75) is 12.6 Å². The first-order valence-corrected chi connectivity index (χ1v) is 8.88. The highest BCUT2D eigenvalue weighted by Gasteiger charge is 2.19. The van der Waals surface area contributed by atoms with Crippen LogP contribution in [0.1, 0.15) is 22.9 Å². The first-order valence-electron chi connectivity index (χ1n) is 8.08. The Kier molecular flexibility index (Phi) is 4.68. The lowest BCUT2D eigenvalue weighted by atomic mass is 10.0. The molecule has 4 nitrogen and oxygen atoms in total. The number of rotatable bonds is 5. The molecule has 0 spiro atoms. The Balaban J connectivity index is 1.59. The summed E-state index contributed by atoms with van der Waals surface area (Å²) in [5.41, 5.74) is 3.29. The maximum absolute atomic E-state index is 5.50. The van der Waals surface area contributed by atoms with Gasteiger partial charge in [-0.15, -0.1) is 0 Å². The lowest BCUT2D eigenvalue weighted by molar-refractivity contribution is 0.173. The largest absolute Gasteiger partial charge is 0.454 e. The van der Waals surface area contributed by atoms with E-state index >= 15 is 0 Å². The molecule has 3 aromatic rings. The highest BCUT2D eigenvalue weighted by molar-refractivity contribution is 9.10. The predicted molar refractivity (Wildman–Crippen MR) is 99.6 cm³/mol. The van der Waals surface area contributed by atoms with Crippen LogP contribution in [-0.2, 0) is 6.54 Å². The SMILES string of the molecule is Brc1cc(CN[C@H](c2ccccc2)c2ccccn2)cc2c1OCO2. The Morgan fingerprint density at radius 3 is 2.68 bits per heavy atom. The summed E-state index contributed by atoms with van der Waals surface area (Å²) in [5.74, 6) is 1.55. The minimum atomic E-state index is 0.0200. The van der Waals surface area contributed by atoms with Gasteiger partial charge in [0.1, 0.15) is 0 Å². The average Bonchev–Trinajstić information content (AvgIpc) is 3.13. The molecule has 0 fully saturated rings. The zero-order valence-electron chi connectivity index (χ0n) is 13.5. The van der Waals surface area contributed by atoms with Crippen LogP contribution in [0.15, 0.2) is 71.3 Å². The highest BCUT2D eigenvalue weighted by Crippen LogP contribution is 2.40. The van der Waals surface area contributed by atoms with Crippen LogP contribution in [-0.4, -0.2) is 11.8 Å². The molecule has 1 N–H and O–H groups in total. The van der Waals surface area contributed by atoms with Crippen LogP contribution in [0.2, 0.25) is 0 Å². The maximum Gasteiger partial charge on any atom is 0.231 e. The Morgan fingerprint density at radius 2 is 1.88 bits per heavy atom. The average molecular weight is 397 g/mol. The first kappa shape index (κ1) is 16.1. The molecule has 1 aromatic heterocycles. The number of pyridine rings is 1. The number of fused-ring (bicyclic) bond motifs is 1. The summed E-state index contributed by atoms with van der Waals surface area (Å²) in [6, 6.07) is 20.4. The predicted octanol–water partition coefficient (Wildman–Crippen LogP) is 4.45. The Morgan fingerprint density at radius 1 is 1.04 bits per heavy atom. The third-order valence-electron chi connectivity index (χ3n) is 4.11. The molecule has 0 bridgehead atoms. The highest BCUT2D eigenvalue weighted by atomic mass is 79.9. The minimum absolute atomic E-state index is 0.0200. The van der Waals surface area contributed by atoms with Crippen LogP contribution < -0.4 is 14.8 Å². The summed E-state index contributed by atoms with van der Waals surface area (Å²) < 4.78 is 11.9. The van der Waals surface area contributed by atoms with Crippen molar-refractivity contribution in [3.8, 4) is 11.5 Å². The molecule has 1 aliphatic heterocycles. The van der Waals surface area contributed by atoms with Crippen molar-refractivity contribution in [1.82, 2.24) is 10.3 Å². The molecule has 1 aliphatic rings. The number of hydrogen-bond acceptors (Lipinski definition) is 4. The quantitative estimate of drug-likeness (QED) is 0.691. The molecule has 2 aromatic carbocycles. The second-order valence-corrected chi connectivity index (χ2v) is 6.64. The van der Waals surface area contributed by atoms with Gasteiger partial charge in [-0.2, -0.15) is 0 Å². The molecule has 25 heavy (non-hydrogen) atoms. The summed E-state index contributed by atoms with van der Waals surface area (Å²) in [7, 11) is 0. The molecular weight excluding hydrogens is 380 g/mol. The van der Waals surface area contributed by atoms with Crippen molar-refractivity contribution in [2.24, 2.45) is 0 Å². The summed E-state index contributed by atoms with van der Waals surface area (Å²) >= 11 is 3.55. The van der Waals surface area contributed by atoms with Crippen LogP contribution in [0.5, 0.6) is 11.5 Å². The van der Waals surface area contributed by atoms with Gasteiger partial charge < -0.3 is 14.8 Å². The lowest BCUT2D eigenvalue weighted by Gasteiger charge is -2.19. The van der Waals surface area contributed by atoms with Crippen molar-refractivity contribution in [2.75, 3.05) is 6.79 Å². The molecule has 5 heteroatoms. The zero-order chi connectivity index (χ0) is 17.1. The van der Waals surface area contributed by atoms with Gasteiger partial charge in [-0.1, -0.05) is 36.4 Å². The van der Waals surface area contributed by atoms with Gasteiger partial charge >= 0.3 is 0 Å². The fourth-order valence-electron chi connectivity index (χ4n) is 2.93. The molecular formula is C20H17BrN2O2. The lowest BCUT2D eigenvalue weighted by Crippen LogP contribution is -2.22. The van der Waals surface area contributed by atoms with Crippen LogP contribution in [0.4, 0.5) is 0 Å². The van der Waals surface area contributed by atoms with E-state index < -0.39 is 0 Å². The summed E-state index contributed by atoms with van der Waals surface area (Å²) in [6.45, 7) is 0.955. The second-order valence-electron chi connectivity index (χ2n) is 5.79. The van der Waals surface area contributed by atoms with E-state index in [1.54, 1.807) is 0 Å². The van der Waals surface area contributed by atoms with Gasteiger partial charge in [-0.05, 0) is 51.3 Å². The van der Waals surface area contributed by atoms with E-state index in [0.717, 1.165) is 27.2 Å². The van der Waals surface area contributed by atoms with E-state index in [4.69, 9.17) is 9.47 Å². The Hall–Kier alpha value is -2.37. The van der Waals surface area contributed by atoms with E-state index in [1.165, 1.54) is 5.56 Å². The van der Waals surface area contributed by atoms with Gasteiger partial charge in [0.25, 0.3) is 0 Å². The van der Waals surface area contributed by atoms with Gasteiger partial charge in [0.15, 0.2) is 11.5 Å². The molecule has 0 aliphatic carbocycles. The van der Waals surface area contributed by atoms with Crippen molar-refractivity contribution < 1.29 is 9.47 Å². The van der Waals surface area contributed by atoms with Crippen molar-refractivity contribution in [1.29, 1.82) is 0 Å².